The van der Waals surface area contributed by atoms with Gasteiger partial charge in [-0.1, -0.05) is 12.1 Å². The number of hydrogen-bond acceptors (Lipinski definition) is 4. The Morgan fingerprint density at radius 1 is 1.27 bits per heavy atom. The minimum atomic E-state index is -0.392. The van der Waals surface area contributed by atoms with Crippen LogP contribution in [0.2, 0.25) is 0 Å². The highest BCUT2D eigenvalue weighted by molar-refractivity contribution is 5.91. The zero-order chi connectivity index (χ0) is 15.5. The molecule has 0 unspecified atom stereocenters. The number of nitrogens with zero attached hydrogens (tertiary/aromatic N) is 1. The highest BCUT2D eigenvalue weighted by Crippen LogP contribution is 2.39. The summed E-state index contributed by atoms with van der Waals surface area (Å²) in [6.07, 6.45) is 1.63. The third-order valence-corrected chi connectivity index (χ3v) is 3.28. The van der Waals surface area contributed by atoms with Crippen LogP contribution in [0.3, 0.4) is 0 Å². The Bertz CT molecular complexity index is 793. The van der Waals surface area contributed by atoms with Crippen LogP contribution in [0.4, 0.5) is 4.39 Å². The van der Waals surface area contributed by atoms with Crippen LogP contribution in [-0.4, -0.2) is 13.9 Å². The fraction of sp³-hybridized carbons (Fsp3) is 0.118. The molecular formula is C17H12FNO3. The first-order valence-corrected chi connectivity index (χ1v) is 6.56. The summed E-state index contributed by atoms with van der Waals surface area (Å²) < 4.78 is 29.3. The van der Waals surface area contributed by atoms with Crippen LogP contribution in [0.25, 0.3) is 11.6 Å². The van der Waals surface area contributed by atoms with Gasteiger partial charge in [-0.15, -0.1) is 0 Å². The van der Waals surface area contributed by atoms with E-state index >= 15 is 0 Å². The third kappa shape index (κ3) is 2.59. The van der Waals surface area contributed by atoms with Gasteiger partial charge in [0.05, 0.1) is 18.8 Å². The molecule has 0 N–H and O–H groups in total. The minimum absolute atomic E-state index is 0.153. The zero-order valence-electron chi connectivity index (χ0n) is 11.8. The van der Waals surface area contributed by atoms with Crippen LogP contribution in [0.1, 0.15) is 11.1 Å². The van der Waals surface area contributed by atoms with Crippen molar-refractivity contribution in [1.82, 2.24) is 0 Å². The molecule has 0 fully saturated rings. The number of hydrogen-bond donors (Lipinski definition) is 0. The Labute approximate surface area is 127 Å². The first-order chi connectivity index (χ1) is 10.7. The van der Waals surface area contributed by atoms with Gasteiger partial charge in [-0.25, -0.2) is 4.39 Å². The summed E-state index contributed by atoms with van der Waals surface area (Å²) in [6.45, 7) is 0.153. The third-order valence-electron chi connectivity index (χ3n) is 3.28. The average molecular weight is 297 g/mol. The largest absolute Gasteiger partial charge is 0.496 e. The predicted octanol–water partition coefficient (Wildman–Crippen LogP) is 3.63. The number of ether oxygens (including phenoxy) is 3. The van der Waals surface area contributed by atoms with Crippen LogP contribution in [0, 0.1) is 17.1 Å². The lowest BCUT2D eigenvalue weighted by Gasteiger charge is -2.07. The minimum Gasteiger partial charge on any atom is -0.496 e. The van der Waals surface area contributed by atoms with Crippen molar-refractivity contribution >= 4 is 11.6 Å². The molecule has 2 aromatic rings. The quantitative estimate of drug-likeness (QED) is 0.641. The first-order valence-electron chi connectivity index (χ1n) is 6.56. The van der Waals surface area contributed by atoms with Crippen molar-refractivity contribution in [3.8, 4) is 23.3 Å². The van der Waals surface area contributed by atoms with Crippen molar-refractivity contribution in [3.63, 3.8) is 0 Å². The van der Waals surface area contributed by atoms with E-state index in [2.05, 4.69) is 6.07 Å². The summed E-state index contributed by atoms with van der Waals surface area (Å²) >= 11 is 0. The maximum atomic E-state index is 13.3. The van der Waals surface area contributed by atoms with Gasteiger partial charge in [0.25, 0.3) is 0 Å². The number of rotatable bonds is 3. The summed E-state index contributed by atoms with van der Waals surface area (Å²) in [4.78, 5) is 0. The fourth-order valence-corrected chi connectivity index (χ4v) is 2.22. The summed E-state index contributed by atoms with van der Waals surface area (Å²) in [5, 5.41) is 9.35. The van der Waals surface area contributed by atoms with Crippen molar-refractivity contribution in [2.75, 3.05) is 13.9 Å². The first kappa shape index (κ1) is 14.0. The van der Waals surface area contributed by atoms with Gasteiger partial charge in [0.2, 0.25) is 6.79 Å². The van der Waals surface area contributed by atoms with Crippen LogP contribution >= 0.6 is 0 Å². The van der Waals surface area contributed by atoms with E-state index in [1.165, 1.54) is 19.2 Å². The van der Waals surface area contributed by atoms with Crippen LogP contribution in [0.15, 0.2) is 36.4 Å². The second-order valence-electron chi connectivity index (χ2n) is 4.63. The Kier molecular flexibility index (Phi) is 3.67. The lowest BCUT2D eigenvalue weighted by Crippen LogP contribution is -1.92. The molecule has 5 heteroatoms. The van der Waals surface area contributed by atoms with Gasteiger partial charge in [-0.2, -0.15) is 5.26 Å². The molecule has 0 aromatic heterocycles. The van der Waals surface area contributed by atoms with Gasteiger partial charge in [-0.05, 0) is 29.8 Å². The molecule has 110 valence electrons. The second kappa shape index (κ2) is 5.78. The van der Waals surface area contributed by atoms with Gasteiger partial charge in [0, 0.05) is 11.6 Å². The SMILES string of the molecule is COc1cc2c(cc1/C=C(/C#N)c1cccc(F)c1)OCO2. The molecule has 0 saturated heterocycles. The van der Waals surface area contributed by atoms with E-state index in [4.69, 9.17) is 14.2 Å². The highest BCUT2D eigenvalue weighted by atomic mass is 19.1. The smallest absolute Gasteiger partial charge is 0.231 e. The summed E-state index contributed by atoms with van der Waals surface area (Å²) in [5.41, 5.74) is 1.49. The molecule has 3 rings (SSSR count). The number of methoxy groups -OCH3 is 1. The number of nitriles is 1. The van der Waals surface area contributed by atoms with Gasteiger partial charge in [0.15, 0.2) is 11.5 Å². The molecule has 1 heterocycles. The number of halogens is 1. The average Bonchev–Trinajstić information content (AvgIpc) is 2.98. The Hall–Kier alpha value is -3.00. The van der Waals surface area contributed by atoms with Crippen molar-refractivity contribution in [1.29, 1.82) is 5.26 Å². The second-order valence-corrected chi connectivity index (χ2v) is 4.63. The molecule has 1 aliphatic heterocycles. The predicted molar refractivity (Wildman–Crippen MR) is 79.0 cm³/mol. The molecule has 22 heavy (non-hydrogen) atoms. The maximum Gasteiger partial charge on any atom is 0.231 e. The number of fused-ring (bicyclic) bond motifs is 1. The molecule has 0 bridgehead atoms. The molecule has 4 nitrogen and oxygen atoms in total. The van der Waals surface area contributed by atoms with Crippen molar-refractivity contribution < 1.29 is 18.6 Å². The van der Waals surface area contributed by atoms with Crippen molar-refractivity contribution in [2.45, 2.75) is 0 Å². The van der Waals surface area contributed by atoms with Gasteiger partial charge in [0.1, 0.15) is 11.6 Å². The van der Waals surface area contributed by atoms with E-state index in [0.717, 1.165) is 0 Å². The molecule has 0 radical (unpaired) electrons. The standard InChI is InChI=1S/C17H12FNO3/c1-20-15-8-17-16(21-10-22-17)7-12(15)5-13(9-19)11-3-2-4-14(18)6-11/h2-8H,10H2,1H3/b13-5-. The van der Waals surface area contributed by atoms with Crippen LogP contribution in [-0.2, 0) is 0 Å². The molecule has 0 spiro atoms. The number of benzene rings is 2. The van der Waals surface area contributed by atoms with Crippen LogP contribution in [0.5, 0.6) is 17.2 Å². The van der Waals surface area contributed by atoms with E-state index in [1.807, 2.05) is 0 Å². The Morgan fingerprint density at radius 3 is 2.73 bits per heavy atom. The lowest BCUT2D eigenvalue weighted by atomic mass is 10.0. The van der Waals surface area contributed by atoms with E-state index in [9.17, 15) is 9.65 Å². The highest BCUT2D eigenvalue weighted by Gasteiger charge is 2.17. The molecule has 0 atom stereocenters. The molecule has 0 saturated carbocycles. The molecular weight excluding hydrogens is 285 g/mol. The zero-order valence-corrected chi connectivity index (χ0v) is 11.8. The molecule has 1 aliphatic rings. The van der Waals surface area contributed by atoms with Crippen LogP contribution < -0.4 is 14.2 Å². The fourth-order valence-electron chi connectivity index (χ4n) is 2.22. The lowest BCUT2D eigenvalue weighted by molar-refractivity contribution is 0.174. The summed E-state index contributed by atoms with van der Waals surface area (Å²) in [7, 11) is 1.53. The monoisotopic (exact) mass is 297 g/mol. The van der Waals surface area contributed by atoms with Gasteiger partial charge >= 0.3 is 0 Å². The van der Waals surface area contributed by atoms with E-state index in [1.54, 1.807) is 30.3 Å². The number of allylic oxidation sites excluding steroid dienone is 1. The van der Waals surface area contributed by atoms with Crippen molar-refractivity contribution in [2.24, 2.45) is 0 Å². The molecule has 0 aliphatic carbocycles. The maximum absolute atomic E-state index is 13.3. The van der Waals surface area contributed by atoms with E-state index < -0.39 is 5.82 Å². The van der Waals surface area contributed by atoms with Crippen molar-refractivity contribution in [3.05, 3.63) is 53.3 Å². The molecule has 0 amide bonds. The van der Waals surface area contributed by atoms with Gasteiger partial charge < -0.3 is 14.2 Å². The summed E-state index contributed by atoms with van der Waals surface area (Å²) in [6, 6.07) is 11.4. The Balaban J connectivity index is 2.08. The summed E-state index contributed by atoms with van der Waals surface area (Å²) in [5.74, 6) is 1.34. The Morgan fingerprint density at radius 2 is 2.05 bits per heavy atom. The normalized spacial score (nSPS) is 12.9. The topological polar surface area (TPSA) is 51.5 Å². The van der Waals surface area contributed by atoms with Gasteiger partial charge in [-0.3, -0.25) is 0 Å². The molecule has 2 aromatic carbocycles. The van der Waals surface area contributed by atoms with E-state index in [-0.39, 0.29) is 6.79 Å². The van der Waals surface area contributed by atoms with E-state index in [0.29, 0.717) is 33.9 Å².